The van der Waals surface area contributed by atoms with Crippen LogP contribution in [-0.4, -0.2) is 43.6 Å². The van der Waals surface area contributed by atoms with Gasteiger partial charge in [-0.05, 0) is 73.4 Å². The Morgan fingerprint density at radius 2 is 1.85 bits per heavy atom. The normalized spacial score (nSPS) is 16.3. The molecule has 0 saturated carbocycles. The number of hydrogen-bond donors (Lipinski definition) is 3. The first kappa shape index (κ1) is 26.2. The second-order valence-corrected chi connectivity index (χ2v) is 10.3. The number of rotatable bonds is 7. The zero-order valence-electron chi connectivity index (χ0n) is 22.0. The van der Waals surface area contributed by atoms with Crippen LogP contribution < -0.4 is 20.7 Å². The molecule has 2 heterocycles. The lowest BCUT2D eigenvalue weighted by Crippen LogP contribution is -2.42. The van der Waals surface area contributed by atoms with Crippen LogP contribution >= 0.6 is 0 Å². The molecule has 39 heavy (non-hydrogen) atoms. The summed E-state index contributed by atoms with van der Waals surface area (Å²) in [4.78, 5) is 37.0. The lowest BCUT2D eigenvalue weighted by atomic mass is 9.83. The maximum absolute atomic E-state index is 13.1. The van der Waals surface area contributed by atoms with Crippen LogP contribution in [0.15, 0.2) is 54.6 Å². The molecule has 3 aromatic rings. The van der Waals surface area contributed by atoms with Crippen LogP contribution in [0.25, 0.3) is 11.1 Å². The van der Waals surface area contributed by atoms with Crippen molar-refractivity contribution in [2.45, 2.75) is 25.7 Å². The fourth-order valence-corrected chi connectivity index (χ4v) is 4.85. The van der Waals surface area contributed by atoms with Crippen LogP contribution in [0.1, 0.15) is 36.2 Å². The standard InChI is InChI=1S/C29H30N4O6/c1-29(2,28(35)30-15-17-10-11-39-16-17)20-6-8-22-24(14-20)32-27(34)21-7-4-18(12-23(21)31-22)19-5-9-25(33(36)37)26(13-19)38-3/h4-9,12-14,17,31H,10-11,15-16H2,1-3H3,(H,30,35)(H,32,34). The zero-order chi connectivity index (χ0) is 27.7. The number of benzene rings is 3. The first-order valence-electron chi connectivity index (χ1n) is 12.7. The molecule has 2 aliphatic heterocycles. The van der Waals surface area contributed by atoms with E-state index in [1.165, 1.54) is 13.2 Å². The minimum atomic E-state index is -0.819. The van der Waals surface area contributed by atoms with Gasteiger partial charge in [-0.3, -0.25) is 19.7 Å². The second kappa shape index (κ2) is 10.4. The predicted octanol–water partition coefficient (Wildman–Crippen LogP) is 5.01. The van der Waals surface area contributed by atoms with Crippen LogP contribution in [0.5, 0.6) is 5.75 Å². The summed E-state index contributed by atoms with van der Waals surface area (Å²) in [7, 11) is 1.38. The van der Waals surface area contributed by atoms with E-state index in [4.69, 9.17) is 9.47 Å². The van der Waals surface area contributed by atoms with Gasteiger partial charge in [-0.15, -0.1) is 0 Å². The van der Waals surface area contributed by atoms with E-state index in [9.17, 15) is 19.7 Å². The van der Waals surface area contributed by atoms with Gasteiger partial charge in [0.1, 0.15) is 0 Å². The van der Waals surface area contributed by atoms with Crippen LogP contribution in [-0.2, 0) is 14.9 Å². The van der Waals surface area contributed by atoms with Gasteiger partial charge in [-0.25, -0.2) is 0 Å². The highest BCUT2D eigenvalue weighted by Gasteiger charge is 2.32. The molecular formula is C29H30N4O6. The maximum atomic E-state index is 13.1. The highest BCUT2D eigenvalue weighted by molar-refractivity contribution is 6.12. The predicted molar refractivity (Wildman–Crippen MR) is 148 cm³/mol. The summed E-state index contributed by atoms with van der Waals surface area (Å²) < 4.78 is 10.6. The van der Waals surface area contributed by atoms with E-state index < -0.39 is 10.3 Å². The molecule has 2 amide bonds. The average Bonchev–Trinajstić information content (AvgIpc) is 3.41. The van der Waals surface area contributed by atoms with Crippen molar-refractivity contribution in [3.63, 3.8) is 0 Å². The van der Waals surface area contributed by atoms with E-state index in [0.717, 1.165) is 24.2 Å². The van der Waals surface area contributed by atoms with Crippen LogP contribution in [0.4, 0.5) is 22.7 Å². The van der Waals surface area contributed by atoms with E-state index in [-0.39, 0.29) is 23.3 Å². The van der Waals surface area contributed by atoms with Crippen molar-refractivity contribution in [1.29, 1.82) is 0 Å². The van der Waals surface area contributed by atoms with Crippen LogP contribution in [0.3, 0.4) is 0 Å². The fourth-order valence-electron chi connectivity index (χ4n) is 4.85. The highest BCUT2D eigenvalue weighted by atomic mass is 16.6. The molecule has 0 spiro atoms. The van der Waals surface area contributed by atoms with Gasteiger partial charge in [0.15, 0.2) is 5.75 Å². The Kier molecular flexibility index (Phi) is 6.96. The molecule has 1 saturated heterocycles. The van der Waals surface area contributed by atoms with Gasteiger partial charge in [0.25, 0.3) is 5.91 Å². The van der Waals surface area contributed by atoms with E-state index in [2.05, 4.69) is 16.0 Å². The van der Waals surface area contributed by atoms with Crippen LogP contribution in [0.2, 0.25) is 0 Å². The third kappa shape index (κ3) is 5.15. The number of amides is 2. The largest absolute Gasteiger partial charge is 0.490 e. The number of fused-ring (bicyclic) bond motifs is 2. The molecule has 1 unspecified atom stereocenters. The van der Waals surface area contributed by atoms with Crippen molar-refractivity contribution in [2.24, 2.45) is 5.92 Å². The first-order valence-corrected chi connectivity index (χ1v) is 12.7. The van der Waals surface area contributed by atoms with E-state index in [0.29, 0.717) is 47.3 Å². The van der Waals surface area contributed by atoms with Crippen molar-refractivity contribution in [3.05, 3.63) is 75.8 Å². The number of hydrogen-bond acceptors (Lipinski definition) is 7. The zero-order valence-corrected chi connectivity index (χ0v) is 22.0. The van der Waals surface area contributed by atoms with Crippen molar-refractivity contribution < 1.29 is 24.0 Å². The number of anilines is 3. The summed E-state index contributed by atoms with van der Waals surface area (Å²) in [6, 6.07) is 15.5. The maximum Gasteiger partial charge on any atom is 0.310 e. The first-order chi connectivity index (χ1) is 18.7. The molecule has 10 nitrogen and oxygen atoms in total. The molecule has 0 bridgehead atoms. The average molecular weight is 531 g/mol. The minimum Gasteiger partial charge on any atom is -0.490 e. The Bertz CT molecular complexity index is 1460. The smallest absolute Gasteiger partial charge is 0.310 e. The number of nitro groups is 1. The van der Waals surface area contributed by atoms with Gasteiger partial charge in [0.2, 0.25) is 5.91 Å². The Hall–Kier alpha value is -4.44. The van der Waals surface area contributed by atoms with Crippen molar-refractivity contribution in [2.75, 3.05) is 37.5 Å². The number of carbonyl (C=O) groups excluding carboxylic acids is 2. The molecule has 5 rings (SSSR count). The molecule has 2 aliphatic rings. The lowest BCUT2D eigenvalue weighted by molar-refractivity contribution is -0.385. The number of ether oxygens (including phenoxy) is 2. The van der Waals surface area contributed by atoms with Gasteiger partial charge < -0.3 is 25.4 Å². The Balaban J connectivity index is 1.41. The molecule has 3 aromatic carbocycles. The minimum absolute atomic E-state index is 0.0892. The molecule has 1 fully saturated rings. The molecule has 0 aliphatic carbocycles. The van der Waals surface area contributed by atoms with E-state index >= 15 is 0 Å². The van der Waals surface area contributed by atoms with E-state index in [1.807, 2.05) is 38.1 Å². The number of nitro benzene ring substituents is 1. The van der Waals surface area contributed by atoms with Crippen molar-refractivity contribution >= 4 is 34.6 Å². The molecule has 0 radical (unpaired) electrons. The van der Waals surface area contributed by atoms with Gasteiger partial charge in [0.05, 0.1) is 46.7 Å². The van der Waals surface area contributed by atoms with E-state index in [1.54, 1.807) is 24.3 Å². The second-order valence-electron chi connectivity index (χ2n) is 10.3. The van der Waals surface area contributed by atoms with Crippen molar-refractivity contribution in [3.8, 4) is 16.9 Å². The van der Waals surface area contributed by atoms with Gasteiger partial charge >= 0.3 is 5.69 Å². The number of nitrogens with zero attached hydrogens (tertiary/aromatic N) is 1. The quantitative estimate of drug-likeness (QED) is 0.289. The fraction of sp³-hybridized carbons (Fsp3) is 0.310. The summed E-state index contributed by atoms with van der Waals surface area (Å²) in [5.74, 6) is 0.105. The summed E-state index contributed by atoms with van der Waals surface area (Å²) >= 11 is 0. The topological polar surface area (TPSA) is 132 Å². The third-order valence-electron chi connectivity index (χ3n) is 7.38. The number of nitrogens with one attached hydrogen (secondary N) is 3. The van der Waals surface area contributed by atoms with Crippen LogP contribution in [0, 0.1) is 16.0 Å². The summed E-state index contributed by atoms with van der Waals surface area (Å²) in [6.45, 7) is 5.69. The molecule has 0 aromatic heterocycles. The Labute approximate surface area is 225 Å². The number of carbonyl (C=O) groups is 2. The molecule has 1 atom stereocenters. The lowest BCUT2D eigenvalue weighted by Gasteiger charge is -2.26. The third-order valence-corrected chi connectivity index (χ3v) is 7.38. The monoisotopic (exact) mass is 530 g/mol. The summed E-state index contributed by atoms with van der Waals surface area (Å²) in [6.07, 6.45) is 0.942. The van der Waals surface area contributed by atoms with Gasteiger partial charge in [0, 0.05) is 25.1 Å². The molecular weight excluding hydrogens is 500 g/mol. The highest BCUT2D eigenvalue weighted by Crippen LogP contribution is 2.38. The summed E-state index contributed by atoms with van der Waals surface area (Å²) in [5, 5.41) is 20.6. The summed E-state index contributed by atoms with van der Waals surface area (Å²) in [5.41, 5.74) is 3.58. The Morgan fingerprint density at radius 1 is 1.08 bits per heavy atom. The van der Waals surface area contributed by atoms with Gasteiger partial charge in [-0.1, -0.05) is 12.1 Å². The number of methoxy groups -OCH3 is 1. The van der Waals surface area contributed by atoms with Crippen molar-refractivity contribution in [1.82, 2.24) is 5.32 Å². The molecule has 10 heteroatoms. The van der Waals surface area contributed by atoms with Gasteiger partial charge in [-0.2, -0.15) is 0 Å². The molecule has 3 N–H and O–H groups in total. The molecule has 202 valence electrons. The Morgan fingerprint density at radius 3 is 2.56 bits per heavy atom. The SMILES string of the molecule is COc1cc(-c2ccc3c(c2)Nc2ccc(C(C)(C)C(=O)NCC4CCOC4)cc2NC3=O)ccc1[N+](=O)[O-].